The number of hydrogen-bond acceptors (Lipinski definition) is 9. The Morgan fingerprint density at radius 1 is 1.16 bits per heavy atom. The number of benzene rings is 1. The third kappa shape index (κ3) is 4.63. The molecule has 1 atom stereocenters. The topological polar surface area (TPSA) is 120 Å². The van der Waals surface area contributed by atoms with Crippen molar-refractivity contribution in [2.75, 3.05) is 18.5 Å². The lowest BCUT2D eigenvalue weighted by Crippen LogP contribution is -2.25. The zero-order chi connectivity index (χ0) is 21.4. The highest BCUT2D eigenvalue weighted by molar-refractivity contribution is 7.92. The van der Waals surface area contributed by atoms with Gasteiger partial charge in [0.1, 0.15) is 5.82 Å². The quantitative estimate of drug-likeness (QED) is 0.473. The molecule has 31 heavy (non-hydrogen) atoms. The first-order valence-electron chi connectivity index (χ1n) is 10.3. The molecule has 0 spiro atoms. The minimum absolute atomic E-state index is 0.0467. The Morgan fingerprint density at radius 2 is 1.94 bits per heavy atom. The fourth-order valence-electron chi connectivity index (χ4n) is 3.27. The normalized spacial score (nSPS) is 21.8. The van der Waals surface area contributed by atoms with Gasteiger partial charge in [-0.05, 0) is 37.8 Å². The van der Waals surface area contributed by atoms with Crippen LogP contribution >= 0.6 is 11.5 Å². The second-order valence-corrected chi connectivity index (χ2v) is 11.0. The summed E-state index contributed by atoms with van der Waals surface area (Å²) in [7, 11) is -3.31. The lowest BCUT2D eigenvalue weighted by atomic mass is 10.1. The monoisotopic (exact) mass is 462 g/mol. The summed E-state index contributed by atoms with van der Waals surface area (Å²) in [4.78, 5) is 23.1. The van der Waals surface area contributed by atoms with E-state index in [1.807, 2.05) is 0 Å². The summed E-state index contributed by atoms with van der Waals surface area (Å²) in [5.74, 6) is 0.657. The molecule has 3 fully saturated rings. The zero-order valence-corrected chi connectivity index (χ0v) is 18.3. The number of anilines is 1. The molecule has 11 heteroatoms. The standard InChI is InChI=1S/C20H22N4O5S2/c25-19(22-20-21-18(24-30-20)13-1-2-13)17(23-29-14-9-10-28-11-14)12-3-5-15(6-4-12)31(26,27)16-7-8-16/h3-6,13-14,16H,1-2,7-11H2,(H,21,22,24,25)/b23-17+/t14-/m1/s1. The molecule has 1 aliphatic heterocycles. The van der Waals surface area contributed by atoms with E-state index in [0.717, 1.165) is 30.2 Å². The molecule has 1 amide bonds. The molecular weight excluding hydrogens is 440 g/mol. The summed E-state index contributed by atoms with van der Waals surface area (Å²) in [5.41, 5.74) is 0.503. The van der Waals surface area contributed by atoms with E-state index in [2.05, 4.69) is 19.8 Å². The molecule has 2 heterocycles. The van der Waals surface area contributed by atoms with Crippen molar-refractivity contribution in [1.29, 1.82) is 0 Å². The second kappa shape index (κ2) is 8.29. The van der Waals surface area contributed by atoms with Crippen molar-refractivity contribution in [3.63, 3.8) is 0 Å². The van der Waals surface area contributed by atoms with Crippen molar-refractivity contribution in [3.05, 3.63) is 35.7 Å². The second-order valence-electron chi connectivity index (χ2n) is 7.99. The van der Waals surface area contributed by atoms with E-state index in [0.29, 0.717) is 49.1 Å². The summed E-state index contributed by atoms with van der Waals surface area (Å²) in [5, 5.41) is 6.94. The van der Waals surface area contributed by atoms with Gasteiger partial charge in [0, 0.05) is 29.4 Å². The van der Waals surface area contributed by atoms with Crippen molar-refractivity contribution >= 4 is 38.1 Å². The number of nitrogens with zero attached hydrogens (tertiary/aromatic N) is 3. The summed E-state index contributed by atoms with van der Waals surface area (Å²) in [6.45, 7) is 1.00. The van der Waals surface area contributed by atoms with Gasteiger partial charge in [-0.2, -0.15) is 4.37 Å². The third-order valence-corrected chi connectivity index (χ3v) is 8.34. The number of ether oxygens (including phenoxy) is 1. The first-order chi connectivity index (χ1) is 15.0. The van der Waals surface area contributed by atoms with Crippen LogP contribution in [0.25, 0.3) is 0 Å². The van der Waals surface area contributed by atoms with Crippen molar-refractivity contribution in [2.24, 2.45) is 5.16 Å². The van der Waals surface area contributed by atoms with E-state index < -0.39 is 15.7 Å². The van der Waals surface area contributed by atoms with E-state index in [1.165, 1.54) is 12.1 Å². The van der Waals surface area contributed by atoms with Crippen molar-refractivity contribution in [2.45, 2.75) is 54.3 Å². The molecule has 1 saturated heterocycles. The summed E-state index contributed by atoms with van der Waals surface area (Å²) >= 11 is 1.13. The molecule has 5 rings (SSSR count). The van der Waals surface area contributed by atoms with Gasteiger partial charge in [0.2, 0.25) is 5.13 Å². The maximum Gasteiger partial charge on any atom is 0.280 e. The molecule has 9 nitrogen and oxygen atoms in total. The van der Waals surface area contributed by atoms with E-state index in [-0.39, 0.29) is 22.0 Å². The predicted octanol–water partition coefficient (Wildman–Crippen LogP) is 2.50. The van der Waals surface area contributed by atoms with Crippen LogP contribution in [0.3, 0.4) is 0 Å². The van der Waals surface area contributed by atoms with Gasteiger partial charge < -0.3 is 9.57 Å². The van der Waals surface area contributed by atoms with Gasteiger partial charge >= 0.3 is 0 Å². The van der Waals surface area contributed by atoms with Crippen LogP contribution in [0.15, 0.2) is 34.3 Å². The van der Waals surface area contributed by atoms with Gasteiger partial charge in [0.15, 0.2) is 21.7 Å². The number of nitrogens with one attached hydrogen (secondary N) is 1. The highest BCUT2D eigenvalue weighted by atomic mass is 32.2. The predicted molar refractivity (Wildman–Crippen MR) is 114 cm³/mol. The lowest BCUT2D eigenvalue weighted by Gasteiger charge is -2.10. The molecule has 1 aromatic heterocycles. The Kier molecular flexibility index (Phi) is 5.49. The van der Waals surface area contributed by atoms with E-state index >= 15 is 0 Å². The number of hydrogen-bond donors (Lipinski definition) is 1. The third-order valence-electron chi connectivity index (χ3n) is 5.42. The van der Waals surface area contributed by atoms with Crippen LogP contribution in [0.1, 0.15) is 49.4 Å². The highest BCUT2D eigenvalue weighted by Crippen LogP contribution is 2.39. The van der Waals surface area contributed by atoms with Crippen molar-refractivity contribution in [3.8, 4) is 0 Å². The largest absolute Gasteiger partial charge is 0.389 e. The van der Waals surface area contributed by atoms with Gasteiger partial charge in [-0.1, -0.05) is 17.3 Å². The molecule has 0 bridgehead atoms. The number of rotatable bonds is 8. The van der Waals surface area contributed by atoms with Gasteiger partial charge in [0.05, 0.1) is 23.4 Å². The molecule has 1 N–H and O–H groups in total. The van der Waals surface area contributed by atoms with E-state index in [1.54, 1.807) is 12.1 Å². The van der Waals surface area contributed by atoms with Crippen LogP contribution in [0.5, 0.6) is 0 Å². The fraction of sp³-hybridized carbons (Fsp3) is 0.500. The number of sulfone groups is 1. The highest BCUT2D eigenvalue weighted by Gasteiger charge is 2.37. The number of carbonyl (C=O) groups is 1. The number of oxime groups is 1. The molecular formula is C20H22N4O5S2. The van der Waals surface area contributed by atoms with Gasteiger partial charge in [-0.15, -0.1) is 0 Å². The first kappa shape index (κ1) is 20.5. The fourth-order valence-corrected chi connectivity index (χ4v) is 5.57. The Balaban J connectivity index is 1.37. The molecule has 3 aliphatic rings. The zero-order valence-electron chi connectivity index (χ0n) is 16.7. The van der Waals surface area contributed by atoms with Crippen LogP contribution in [0.2, 0.25) is 0 Å². The van der Waals surface area contributed by atoms with Crippen molar-refractivity contribution in [1.82, 2.24) is 9.36 Å². The number of carbonyl (C=O) groups excluding carboxylic acids is 1. The SMILES string of the molecule is O=C(Nc1nc(C2CC2)ns1)/C(=N/O[C@@H]1CCOC1)c1ccc(S(=O)(=O)C2CC2)cc1. The molecule has 1 aromatic carbocycles. The average molecular weight is 463 g/mol. The number of amides is 1. The molecule has 2 aliphatic carbocycles. The van der Waals surface area contributed by atoms with Crippen LogP contribution < -0.4 is 5.32 Å². The Bertz CT molecular complexity index is 1100. The molecule has 164 valence electrons. The van der Waals surface area contributed by atoms with Gasteiger partial charge in [-0.25, -0.2) is 13.4 Å². The molecule has 0 radical (unpaired) electrons. The first-order valence-corrected chi connectivity index (χ1v) is 12.6. The van der Waals surface area contributed by atoms with Crippen molar-refractivity contribution < 1.29 is 22.8 Å². The summed E-state index contributed by atoms with van der Waals surface area (Å²) in [6.07, 6.45) is 4.01. The summed E-state index contributed by atoms with van der Waals surface area (Å²) < 4.78 is 34.5. The van der Waals surface area contributed by atoms with Crippen LogP contribution in [-0.2, 0) is 24.2 Å². The Morgan fingerprint density at radius 3 is 2.58 bits per heavy atom. The molecule has 2 saturated carbocycles. The van der Waals surface area contributed by atoms with E-state index in [9.17, 15) is 13.2 Å². The van der Waals surface area contributed by atoms with Gasteiger partial charge in [0.25, 0.3) is 5.91 Å². The maximum atomic E-state index is 13.0. The van der Waals surface area contributed by atoms with Gasteiger partial charge in [-0.3, -0.25) is 10.1 Å². The molecule has 0 unspecified atom stereocenters. The van der Waals surface area contributed by atoms with Crippen LogP contribution in [-0.4, -0.2) is 54.0 Å². The lowest BCUT2D eigenvalue weighted by molar-refractivity contribution is -0.110. The summed E-state index contributed by atoms with van der Waals surface area (Å²) in [6, 6.07) is 6.19. The number of aromatic nitrogens is 2. The van der Waals surface area contributed by atoms with Crippen LogP contribution in [0.4, 0.5) is 5.13 Å². The smallest absolute Gasteiger partial charge is 0.280 e. The maximum absolute atomic E-state index is 13.0. The Hall–Kier alpha value is -2.37. The average Bonchev–Trinajstić information content (AvgIpc) is 3.70. The van der Waals surface area contributed by atoms with E-state index in [4.69, 9.17) is 9.57 Å². The minimum atomic E-state index is -3.31. The Labute approximate surface area is 183 Å². The minimum Gasteiger partial charge on any atom is -0.389 e. The van der Waals surface area contributed by atoms with Crippen LogP contribution in [0, 0.1) is 0 Å². The molecule has 2 aromatic rings.